The molecular formula is C11H21N3. The van der Waals surface area contributed by atoms with E-state index in [4.69, 9.17) is 0 Å². The van der Waals surface area contributed by atoms with Crippen LogP contribution >= 0.6 is 0 Å². The van der Waals surface area contributed by atoms with E-state index >= 15 is 0 Å². The Kier molecular flexibility index (Phi) is 3.32. The smallest absolute Gasteiger partial charge is 0.0799 e. The fraction of sp³-hybridized carbons (Fsp3) is 0.727. The topological polar surface area (TPSA) is 29.9 Å². The Hall–Kier alpha value is -0.830. The molecule has 0 spiro atoms. The lowest BCUT2D eigenvalue weighted by Crippen LogP contribution is -2.32. The minimum Gasteiger partial charge on any atom is -0.308 e. The molecule has 0 radical (unpaired) electrons. The van der Waals surface area contributed by atoms with E-state index in [2.05, 4.69) is 44.2 Å². The number of rotatable bonds is 3. The van der Waals surface area contributed by atoms with Gasteiger partial charge in [0.25, 0.3) is 0 Å². The second-order valence-corrected chi connectivity index (χ2v) is 4.77. The van der Waals surface area contributed by atoms with Crippen LogP contribution in [0, 0.1) is 5.41 Å². The number of aryl methyl sites for hydroxylation is 1. The van der Waals surface area contributed by atoms with Crippen LogP contribution in [0.1, 0.15) is 39.4 Å². The first-order chi connectivity index (χ1) is 6.45. The first-order valence-electron chi connectivity index (χ1n) is 5.18. The average Bonchev–Trinajstić information content (AvgIpc) is 2.45. The molecule has 1 unspecified atom stereocenters. The van der Waals surface area contributed by atoms with Crippen molar-refractivity contribution in [1.82, 2.24) is 15.1 Å². The molecule has 1 atom stereocenters. The van der Waals surface area contributed by atoms with E-state index in [0.717, 1.165) is 12.2 Å². The fourth-order valence-electron chi connectivity index (χ4n) is 1.65. The third-order valence-corrected chi connectivity index (χ3v) is 2.30. The molecule has 0 saturated heterocycles. The van der Waals surface area contributed by atoms with Gasteiger partial charge in [-0.2, -0.15) is 5.10 Å². The van der Waals surface area contributed by atoms with Gasteiger partial charge in [-0.15, -0.1) is 0 Å². The third-order valence-electron chi connectivity index (χ3n) is 2.30. The summed E-state index contributed by atoms with van der Waals surface area (Å²) in [6.07, 6.45) is 1.99. The monoisotopic (exact) mass is 195 g/mol. The number of hydrogen-bond acceptors (Lipinski definition) is 2. The molecule has 1 aromatic rings. The van der Waals surface area contributed by atoms with Gasteiger partial charge < -0.3 is 5.32 Å². The van der Waals surface area contributed by atoms with E-state index in [1.807, 2.05) is 17.9 Å². The predicted molar refractivity (Wildman–Crippen MR) is 59.1 cm³/mol. The van der Waals surface area contributed by atoms with Gasteiger partial charge in [0, 0.05) is 13.2 Å². The lowest BCUT2D eigenvalue weighted by atomic mass is 9.85. The van der Waals surface area contributed by atoms with Crippen LogP contribution in [0.25, 0.3) is 0 Å². The lowest BCUT2D eigenvalue weighted by molar-refractivity contribution is 0.270. The van der Waals surface area contributed by atoms with Crippen LogP contribution in [0.15, 0.2) is 12.3 Å². The molecule has 0 saturated carbocycles. The van der Waals surface area contributed by atoms with Crippen molar-refractivity contribution in [3.8, 4) is 0 Å². The van der Waals surface area contributed by atoms with Crippen molar-refractivity contribution in [2.75, 3.05) is 6.54 Å². The molecule has 1 N–H and O–H groups in total. The van der Waals surface area contributed by atoms with Crippen LogP contribution in [0.2, 0.25) is 0 Å². The largest absolute Gasteiger partial charge is 0.308 e. The maximum absolute atomic E-state index is 4.45. The molecule has 1 aromatic heterocycles. The summed E-state index contributed by atoms with van der Waals surface area (Å²) >= 11 is 0. The van der Waals surface area contributed by atoms with Gasteiger partial charge in [-0.05, 0) is 18.0 Å². The van der Waals surface area contributed by atoms with E-state index in [-0.39, 0.29) is 5.41 Å². The zero-order chi connectivity index (χ0) is 10.8. The van der Waals surface area contributed by atoms with Gasteiger partial charge in [-0.3, -0.25) is 4.68 Å². The van der Waals surface area contributed by atoms with Crippen LogP contribution < -0.4 is 5.32 Å². The minimum absolute atomic E-state index is 0.199. The molecule has 0 aromatic carbocycles. The van der Waals surface area contributed by atoms with E-state index in [9.17, 15) is 0 Å². The Morgan fingerprint density at radius 1 is 1.50 bits per heavy atom. The highest BCUT2D eigenvalue weighted by molar-refractivity contribution is 5.08. The molecule has 0 amide bonds. The molecule has 1 rings (SSSR count). The highest BCUT2D eigenvalue weighted by atomic mass is 15.3. The molecule has 0 fully saturated rings. The van der Waals surface area contributed by atoms with Crippen molar-refractivity contribution in [2.24, 2.45) is 12.5 Å². The van der Waals surface area contributed by atoms with E-state index in [1.54, 1.807) is 0 Å². The second-order valence-electron chi connectivity index (χ2n) is 4.77. The predicted octanol–water partition coefficient (Wildman–Crippen LogP) is 2.12. The van der Waals surface area contributed by atoms with Crippen LogP contribution in [0.3, 0.4) is 0 Å². The Bertz CT molecular complexity index is 283. The van der Waals surface area contributed by atoms with E-state index in [0.29, 0.717) is 6.04 Å². The van der Waals surface area contributed by atoms with Crippen molar-refractivity contribution in [3.05, 3.63) is 18.0 Å². The van der Waals surface area contributed by atoms with Gasteiger partial charge in [-0.25, -0.2) is 0 Å². The summed E-state index contributed by atoms with van der Waals surface area (Å²) in [5.74, 6) is 0. The van der Waals surface area contributed by atoms with Crippen molar-refractivity contribution in [3.63, 3.8) is 0 Å². The summed E-state index contributed by atoms with van der Waals surface area (Å²) in [7, 11) is 1.95. The number of hydrogen-bond donors (Lipinski definition) is 1. The van der Waals surface area contributed by atoms with Gasteiger partial charge in [-0.1, -0.05) is 27.7 Å². The summed E-state index contributed by atoms with van der Waals surface area (Å²) < 4.78 is 1.85. The molecule has 0 aliphatic carbocycles. The fourth-order valence-corrected chi connectivity index (χ4v) is 1.65. The molecule has 14 heavy (non-hydrogen) atoms. The van der Waals surface area contributed by atoms with Crippen LogP contribution in [0.5, 0.6) is 0 Å². The zero-order valence-corrected chi connectivity index (χ0v) is 9.83. The second kappa shape index (κ2) is 4.13. The molecule has 0 bridgehead atoms. The maximum atomic E-state index is 4.45. The van der Waals surface area contributed by atoms with E-state index in [1.165, 1.54) is 0 Å². The van der Waals surface area contributed by atoms with Gasteiger partial charge in [0.05, 0.1) is 11.7 Å². The average molecular weight is 195 g/mol. The van der Waals surface area contributed by atoms with Crippen molar-refractivity contribution >= 4 is 0 Å². The Morgan fingerprint density at radius 2 is 2.14 bits per heavy atom. The quantitative estimate of drug-likeness (QED) is 0.800. The number of nitrogens with one attached hydrogen (secondary N) is 1. The normalized spacial score (nSPS) is 14.4. The van der Waals surface area contributed by atoms with E-state index < -0.39 is 0 Å². The molecule has 1 heterocycles. The third kappa shape index (κ3) is 2.58. The van der Waals surface area contributed by atoms with Crippen LogP contribution in [0.4, 0.5) is 0 Å². The molecule has 3 heteroatoms. The first-order valence-corrected chi connectivity index (χ1v) is 5.18. The van der Waals surface area contributed by atoms with Crippen molar-refractivity contribution in [1.29, 1.82) is 0 Å². The van der Waals surface area contributed by atoms with Gasteiger partial charge in [0.1, 0.15) is 0 Å². The van der Waals surface area contributed by atoms with Crippen molar-refractivity contribution < 1.29 is 0 Å². The van der Waals surface area contributed by atoms with Gasteiger partial charge in [0.2, 0.25) is 0 Å². The van der Waals surface area contributed by atoms with Crippen LogP contribution in [-0.4, -0.2) is 16.3 Å². The highest BCUT2D eigenvalue weighted by Crippen LogP contribution is 2.31. The summed E-state index contributed by atoms with van der Waals surface area (Å²) in [6, 6.07) is 2.41. The maximum Gasteiger partial charge on any atom is 0.0799 e. The van der Waals surface area contributed by atoms with Gasteiger partial charge in [0.15, 0.2) is 0 Å². The summed E-state index contributed by atoms with van der Waals surface area (Å²) in [5.41, 5.74) is 1.33. The van der Waals surface area contributed by atoms with Crippen LogP contribution in [-0.2, 0) is 7.05 Å². The number of nitrogens with zero attached hydrogens (tertiary/aromatic N) is 2. The Balaban J connectivity index is 2.88. The molecular weight excluding hydrogens is 174 g/mol. The molecule has 80 valence electrons. The Labute approximate surface area is 86.5 Å². The van der Waals surface area contributed by atoms with Crippen molar-refractivity contribution in [2.45, 2.75) is 33.7 Å². The minimum atomic E-state index is 0.199. The molecule has 0 aliphatic rings. The summed E-state index contributed by atoms with van der Waals surface area (Å²) in [5, 5.41) is 7.93. The molecule has 3 nitrogen and oxygen atoms in total. The lowest BCUT2D eigenvalue weighted by Gasteiger charge is -2.29. The molecule has 0 aliphatic heterocycles. The highest BCUT2D eigenvalue weighted by Gasteiger charge is 2.26. The summed E-state index contributed by atoms with van der Waals surface area (Å²) in [4.78, 5) is 0. The SMILES string of the molecule is CCNC(c1ccn(C)n1)C(C)(C)C. The number of aromatic nitrogens is 2. The van der Waals surface area contributed by atoms with Gasteiger partial charge >= 0.3 is 0 Å². The zero-order valence-electron chi connectivity index (χ0n) is 9.83. The standard InChI is InChI=1S/C11H21N3/c1-6-12-10(11(2,3)4)9-7-8-14(5)13-9/h7-8,10,12H,6H2,1-5H3. The summed E-state index contributed by atoms with van der Waals surface area (Å²) in [6.45, 7) is 9.79. The first kappa shape index (κ1) is 11.2. The Morgan fingerprint density at radius 3 is 2.50 bits per heavy atom.